The predicted molar refractivity (Wildman–Crippen MR) is 143 cm³/mol. The molecule has 0 bridgehead atoms. The number of aromatic amines is 1. The molecule has 3 heterocycles. The Morgan fingerprint density at radius 3 is 2.49 bits per heavy atom. The highest BCUT2D eigenvalue weighted by molar-refractivity contribution is 5.85. The van der Waals surface area contributed by atoms with Crippen molar-refractivity contribution in [3.8, 4) is 22.5 Å². The largest absolute Gasteiger partial charge is 0.416 e. The average Bonchev–Trinajstić information content (AvgIpc) is 3.33. The Hall–Kier alpha value is -4.14. The van der Waals surface area contributed by atoms with E-state index in [-0.39, 0.29) is 17.7 Å². The van der Waals surface area contributed by atoms with Crippen LogP contribution >= 0.6 is 0 Å². The van der Waals surface area contributed by atoms with Crippen LogP contribution in [0.4, 0.5) is 13.2 Å². The Morgan fingerprint density at radius 1 is 0.949 bits per heavy atom. The number of nitrogens with zero attached hydrogens (tertiary/aromatic N) is 4. The van der Waals surface area contributed by atoms with E-state index in [9.17, 15) is 18.0 Å². The van der Waals surface area contributed by atoms with Crippen LogP contribution in [0, 0.1) is 11.8 Å². The molecule has 0 radical (unpaired) electrons. The van der Waals surface area contributed by atoms with Crippen molar-refractivity contribution in [1.82, 2.24) is 24.6 Å². The lowest BCUT2D eigenvalue weighted by molar-refractivity contribution is -0.137. The van der Waals surface area contributed by atoms with Gasteiger partial charge in [0, 0.05) is 36.5 Å². The van der Waals surface area contributed by atoms with Crippen LogP contribution in [0.1, 0.15) is 24.8 Å². The molecule has 198 valence electrons. The van der Waals surface area contributed by atoms with Gasteiger partial charge in [-0.3, -0.25) is 9.89 Å². The molecule has 1 unspecified atom stereocenters. The molecule has 1 saturated heterocycles. The fourth-order valence-electron chi connectivity index (χ4n) is 5.67. The van der Waals surface area contributed by atoms with Gasteiger partial charge in [0.1, 0.15) is 5.82 Å². The molecule has 1 aliphatic heterocycles. The highest BCUT2D eigenvalue weighted by Crippen LogP contribution is 2.36. The number of aromatic nitrogens is 4. The third-order valence-corrected chi connectivity index (χ3v) is 7.96. The number of likely N-dealkylation sites (tertiary alicyclic amines) is 1. The minimum atomic E-state index is -4.44. The molecule has 0 spiro atoms. The molecule has 2 aromatic heterocycles. The second kappa shape index (κ2) is 8.97. The SMILES string of the molecule is O=C(C1CC1)N1CCC(Cn2c(-c3ccc(-c4ccc5[nH]ncc5c4)cc3)nc3cc(C(F)(F)F)ccc32)C1. The molecule has 6 nitrogen and oxygen atoms in total. The molecule has 9 heteroatoms. The van der Waals surface area contributed by atoms with Crippen LogP contribution in [0.5, 0.6) is 0 Å². The van der Waals surface area contributed by atoms with Gasteiger partial charge in [-0.05, 0) is 66.6 Å². The van der Waals surface area contributed by atoms with Crippen molar-refractivity contribution in [2.75, 3.05) is 13.1 Å². The van der Waals surface area contributed by atoms with E-state index >= 15 is 0 Å². The minimum absolute atomic E-state index is 0.182. The summed E-state index contributed by atoms with van der Waals surface area (Å²) in [5.41, 5.74) is 4.14. The number of fused-ring (bicyclic) bond motifs is 2. The summed E-state index contributed by atoms with van der Waals surface area (Å²) in [5.74, 6) is 1.27. The van der Waals surface area contributed by atoms with Crippen molar-refractivity contribution < 1.29 is 18.0 Å². The lowest BCUT2D eigenvalue weighted by Crippen LogP contribution is -2.30. The van der Waals surface area contributed by atoms with Crippen LogP contribution in [-0.2, 0) is 17.5 Å². The number of hydrogen-bond acceptors (Lipinski definition) is 3. The van der Waals surface area contributed by atoms with E-state index in [1.165, 1.54) is 6.07 Å². The first-order chi connectivity index (χ1) is 18.8. The zero-order chi connectivity index (χ0) is 26.7. The normalized spacial score (nSPS) is 17.9. The highest BCUT2D eigenvalue weighted by atomic mass is 19.4. The van der Waals surface area contributed by atoms with Gasteiger partial charge in [-0.1, -0.05) is 30.3 Å². The summed E-state index contributed by atoms with van der Waals surface area (Å²) in [6, 6.07) is 17.8. The number of alkyl halides is 3. The number of imidazole rings is 1. The fourth-order valence-corrected chi connectivity index (χ4v) is 5.67. The highest BCUT2D eigenvalue weighted by Gasteiger charge is 2.37. The fraction of sp³-hybridized carbons (Fsp3) is 0.300. The lowest BCUT2D eigenvalue weighted by Gasteiger charge is -2.18. The number of benzene rings is 3. The summed E-state index contributed by atoms with van der Waals surface area (Å²) in [6.45, 7) is 1.99. The summed E-state index contributed by atoms with van der Waals surface area (Å²) >= 11 is 0. The number of carbonyl (C=O) groups is 1. The molecule has 1 N–H and O–H groups in total. The molecule has 5 aromatic rings. The van der Waals surface area contributed by atoms with Gasteiger partial charge in [-0.25, -0.2) is 4.98 Å². The maximum absolute atomic E-state index is 13.5. The van der Waals surface area contributed by atoms with Crippen LogP contribution < -0.4 is 0 Å². The van der Waals surface area contributed by atoms with Crippen molar-refractivity contribution in [2.45, 2.75) is 32.0 Å². The van der Waals surface area contributed by atoms with E-state index in [1.54, 1.807) is 6.20 Å². The second-order valence-electron chi connectivity index (χ2n) is 10.7. The lowest BCUT2D eigenvalue weighted by atomic mass is 10.0. The van der Waals surface area contributed by atoms with Crippen molar-refractivity contribution >= 4 is 27.8 Å². The van der Waals surface area contributed by atoms with Gasteiger partial charge < -0.3 is 9.47 Å². The maximum Gasteiger partial charge on any atom is 0.416 e. The van der Waals surface area contributed by atoms with Crippen molar-refractivity contribution in [3.63, 3.8) is 0 Å². The molecule has 1 amide bonds. The van der Waals surface area contributed by atoms with E-state index in [0.717, 1.165) is 65.5 Å². The summed E-state index contributed by atoms with van der Waals surface area (Å²) < 4.78 is 42.4. The molecule has 2 fully saturated rings. The van der Waals surface area contributed by atoms with Crippen LogP contribution in [0.3, 0.4) is 0 Å². The Bertz CT molecular complexity index is 1700. The number of H-pyrrole nitrogens is 1. The minimum Gasteiger partial charge on any atom is -0.342 e. The molecule has 1 saturated carbocycles. The molecule has 2 aliphatic rings. The van der Waals surface area contributed by atoms with Gasteiger partial charge in [-0.15, -0.1) is 0 Å². The Balaban J connectivity index is 1.24. The van der Waals surface area contributed by atoms with Crippen LogP contribution in [0.2, 0.25) is 0 Å². The number of halogens is 3. The standard InChI is InChI=1S/C30H26F3N5O/c31-30(32,33)24-8-10-27-26(14-24)35-28(38(27)17-18-11-12-37(16-18)29(39)21-5-6-21)20-3-1-19(2-4-20)22-7-9-25-23(13-22)15-34-36-25/h1-4,7-10,13-15,18,21H,5-6,11-12,16-17H2,(H,34,36). The molecule has 1 atom stereocenters. The van der Waals surface area contributed by atoms with Gasteiger partial charge >= 0.3 is 6.18 Å². The molecular formula is C30H26F3N5O. The predicted octanol–water partition coefficient (Wildman–Crippen LogP) is 6.52. The van der Waals surface area contributed by atoms with E-state index in [1.807, 2.05) is 45.9 Å². The number of amides is 1. The van der Waals surface area contributed by atoms with E-state index in [2.05, 4.69) is 16.3 Å². The molecular weight excluding hydrogens is 503 g/mol. The van der Waals surface area contributed by atoms with Gasteiger partial charge in [0.15, 0.2) is 0 Å². The van der Waals surface area contributed by atoms with Gasteiger partial charge in [0.2, 0.25) is 5.91 Å². The summed E-state index contributed by atoms with van der Waals surface area (Å²) in [7, 11) is 0. The monoisotopic (exact) mass is 529 g/mol. The number of hydrogen-bond donors (Lipinski definition) is 1. The average molecular weight is 530 g/mol. The molecule has 7 rings (SSSR count). The summed E-state index contributed by atoms with van der Waals surface area (Å²) in [6.07, 6.45) is 0.166. The first kappa shape index (κ1) is 23.9. The van der Waals surface area contributed by atoms with Crippen LogP contribution in [-0.4, -0.2) is 43.6 Å². The quantitative estimate of drug-likeness (QED) is 0.282. The van der Waals surface area contributed by atoms with Gasteiger partial charge in [0.25, 0.3) is 0 Å². The Kier molecular flexibility index (Phi) is 5.50. The molecule has 3 aromatic carbocycles. The second-order valence-corrected chi connectivity index (χ2v) is 10.7. The smallest absolute Gasteiger partial charge is 0.342 e. The summed E-state index contributed by atoms with van der Waals surface area (Å²) in [4.78, 5) is 19.2. The zero-order valence-electron chi connectivity index (χ0n) is 21.1. The van der Waals surface area contributed by atoms with Gasteiger partial charge in [0.05, 0.1) is 28.3 Å². The molecule has 1 aliphatic carbocycles. The first-order valence-corrected chi connectivity index (χ1v) is 13.2. The van der Waals surface area contributed by atoms with Crippen molar-refractivity contribution in [1.29, 1.82) is 0 Å². The Labute approximate surface area is 222 Å². The van der Waals surface area contributed by atoms with Crippen molar-refractivity contribution in [2.24, 2.45) is 11.8 Å². The molecule has 39 heavy (non-hydrogen) atoms. The number of carbonyl (C=O) groups excluding carboxylic acids is 1. The topological polar surface area (TPSA) is 66.8 Å². The number of rotatable bonds is 5. The van der Waals surface area contributed by atoms with Crippen molar-refractivity contribution in [3.05, 3.63) is 72.4 Å². The van der Waals surface area contributed by atoms with Crippen LogP contribution in [0.15, 0.2) is 66.9 Å². The Morgan fingerprint density at radius 2 is 1.72 bits per heavy atom. The third-order valence-electron chi connectivity index (χ3n) is 7.96. The van der Waals surface area contributed by atoms with Crippen LogP contribution in [0.25, 0.3) is 44.5 Å². The van der Waals surface area contributed by atoms with E-state index < -0.39 is 11.7 Å². The maximum atomic E-state index is 13.5. The van der Waals surface area contributed by atoms with E-state index in [4.69, 9.17) is 4.98 Å². The first-order valence-electron chi connectivity index (χ1n) is 13.2. The summed E-state index contributed by atoms with van der Waals surface area (Å²) in [5, 5.41) is 8.05. The third kappa shape index (κ3) is 4.45. The zero-order valence-corrected chi connectivity index (χ0v) is 21.1. The van der Waals surface area contributed by atoms with E-state index in [0.29, 0.717) is 29.9 Å². The number of nitrogens with one attached hydrogen (secondary N) is 1. The van der Waals surface area contributed by atoms with Gasteiger partial charge in [-0.2, -0.15) is 18.3 Å².